The zero-order chi connectivity index (χ0) is 30.8. The highest BCUT2D eigenvalue weighted by Crippen LogP contribution is 2.23. The summed E-state index contributed by atoms with van der Waals surface area (Å²) in [5.41, 5.74) is 1.74. The second-order valence-electron chi connectivity index (χ2n) is 11.3. The largest absolute Gasteiger partial charge is 0.350 e. The number of rotatable bonds is 14. The highest BCUT2D eigenvalue weighted by molar-refractivity contribution is 7.89. The fourth-order valence-corrected chi connectivity index (χ4v) is 6.96. The lowest BCUT2D eigenvalue weighted by Gasteiger charge is -2.28. The minimum absolute atomic E-state index is 0.0378. The molecule has 0 aliphatic carbocycles. The molecule has 2 amide bonds. The first-order valence-electron chi connectivity index (χ1n) is 15.2. The Balaban J connectivity index is 1.44. The van der Waals surface area contributed by atoms with Crippen LogP contribution in [-0.2, 0) is 14.8 Å². The topological polar surface area (TPSA) is 108 Å². The van der Waals surface area contributed by atoms with Crippen molar-refractivity contribution in [3.63, 3.8) is 0 Å². The maximum absolute atomic E-state index is 13.8. The van der Waals surface area contributed by atoms with Gasteiger partial charge in [0.25, 0.3) is 5.91 Å². The second-order valence-corrected chi connectivity index (χ2v) is 13.6. The number of carbonyl (C=O) groups excluding carboxylic acids is 2. The molecule has 1 saturated heterocycles. The Bertz CT molecular complexity index is 1480. The van der Waals surface area contributed by atoms with Crippen LogP contribution in [0, 0.1) is 0 Å². The monoisotopic (exact) mass is 626 g/mol. The molecule has 0 bridgehead atoms. The summed E-state index contributed by atoms with van der Waals surface area (Å²) in [4.78, 5) is 28.8. The average Bonchev–Trinajstić information content (AvgIpc) is 3.15. The number of unbranched alkanes of at least 4 members (excludes halogenated alkanes) is 1. The van der Waals surface area contributed by atoms with Gasteiger partial charge in [-0.05, 0) is 66.3 Å². The van der Waals surface area contributed by atoms with E-state index in [0.717, 1.165) is 23.6 Å². The first-order chi connectivity index (χ1) is 20.7. The number of halogens is 1. The summed E-state index contributed by atoms with van der Waals surface area (Å²) >= 11 is 6.10. The van der Waals surface area contributed by atoms with Crippen molar-refractivity contribution in [3.05, 3.63) is 82.9 Å². The predicted molar refractivity (Wildman–Crippen MR) is 174 cm³/mol. The summed E-state index contributed by atoms with van der Waals surface area (Å²) < 4.78 is 27.4. The van der Waals surface area contributed by atoms with E-state index < -0.39 is 16.1 Å². The van der Waals surface area contributed by atoms with Crippen LogP contribution < -0.4 is 15.4 Å². The highest BCUT2D eigenvalue weighted by Gasteiger charge is 2.32. The first kappa shape index (κ1) is 32.9. The third-order valence-electron chi connectivity index (χ3n) is 8.09. The molecule has 3 atom stereocenters. The lowest BCUT2D eigenvalue weighted by molar-refractivity contribution is -0.133. The molecule has 0 aromatic heterocycles. The number of nitrogens with zero attached hydrogens (tertiary/aromatic N) is 1. The van der Waals surface area contributed by atoms with E-state index in [9.17, 15) is 18.0 Å². The van der Waals surface area contributed by atoms with E-state index in [4.69, 9.17) is 11.6 Å². The number of fused-ring (bicyclic) bond motifs is 1. The molecule has 3 N–H and O–H groups in total. The Morgan fingerprint density at radius 3 is 2.56 bits per heavy atom. The van der Waals surface area contributed by atoms with Gasteiger partial charge in [-0.1, -0.05) is 74.3 Å². The predicted octanol–water partition coefficient (Wildman–Crippen LogP) is 5.09. The summed E-state index contributed by atoms with van der Waals surface area (Å²) in [7, 11) is -3.39. The number of carbonyl (C=O) groups is 2. The molecule has 0 saturated carbocycles. The van der Waals surface area contributed by atoms with Crippen LogP contribution in [0.2, 0.25) is 5.02 Å². The van der Waals surface area contributed by atoms with Crippen LogP contribution in [0.3, 0.4) is 0 Å². The molecule has 0 unspecified atom stereocenters. The highest BCUT2D eigenvalue weighted by atomic mass is 35.5. The van der Waals surface area contributed by atoms with Crippen molar-refractivity contribution >= 4 is 44.2 Å². The Kier molecular flexibility index (Phi) is 12.0. The Hall–Kier alpha value is -2.98. The molecule has 1 aliphatic rings. The molecule has 3 aromatic carbocycles. The van der Waals surface area contributed by atoms with Gasteiger partial charge >= 0.3 is 0 Å². The number of amides is 2. The molecule has 232 valence electrons. The Morgan fingerprint density at radius 2 is 1.81 bits per heavy atom. The van der Waals surface area contributed by atoms with Crippen LogP contribution in [0.4, 0.5) is 0 Å². The molecule has 1 aliphatic heterocycles. The molecule has 4 rings (SSSR count). The van der Waals surface area contributed by atoms with Crippen molar-refractivity contribution in [1.29, 1.82) is 0 Å². The van der Waals surface area contributed by atoms with Gasteiger partial charge in [0, 0.05) is 48.7 Å². The molecule has 1 heterocycles. The zero-order valence-corrected chi connectivity index (χ0v) is 26.6. The summed E-state index contributed by atoms with van der Waals surface area (Å²) in [6, 6.07) is 20.5. The Morgan fingerprint density at radius 1 is 1.07 bits per heavy atom. The lowest BCUT2D eigenvalue weighted by Crippen LogP contribution is -2.50. The third kappa shape index (κ3) is 9.50. The van der Waals surface area contributed by atoms with E-state index >= 15 is 0 Å². The number of hydrogen-bond acceptors (Lipinski definition) is 5. The van der Waals surface area contributed by atoms with Crippen molar-refractivity contribution < 1.29 is 18.0 Å². The average molecular weight is 627 g/mol. The van der Waals surface area contributed by atoms with Gasteiger partial charge in [0.15, 0.2) is 0 Å². The van der Waals surface area contributed by atoms with Crippen molar-refractivity contribution in [2.45, 2.75) is 64.0 Å². The van der Waals surface area contributed by atoms with E-state index in [1.54, 1.807) is 12.1 Å². The van der Waals surface area contributed by atoms with Gasteiger partial charge in [-0.2, -0.15) is 0 Å². The van der Waals surface area contributed by atoms with Gasteiger partial charge < -0.3 is 15.5 Å². The van der Waals surface area contributed by atoms with E-state index in [1.165, 1.54) is 5.56 Å². The van der Waals surface area contributed by atoms with Crippen molar-refractivity contribution in [2.75, 3.05) is 31.9 Å². The zero-order valence-electron chi connectivity index (χ0n) is 25.0. The summed E-state index contributed by atoms with van der Waals surface area (Å²) in [5.74, 6) is 0.0379. The number of hydrogen-bond donors (Lipinski definition) is 3. The summed E-state index contributed by atoms with van der Waals surface area (Å²) in [6.45, 7) is 5.71. The van der Waals surface area contributed by atoms with Crippen molar-refractivity contribution in [3.8, 4) is 0 Å². The van der Waals surface area contributed by atoms with Gasteiger partial charge in [0.05, 0.1) is 11.8 Å². The molecule has 1 fully saturated rings. The van der Waals surface area contributed by atoms with E-state index in [2.05, 4.69) is 34.4 Å². The second kappa shape index (κ2) is 15.7. The fourth-order valence-electron chi connectivity index (χ4n) is 5.53. The van der Waals surface area contributed by atoms with Crippen LogP contribution in [-0.4, -0.2) is 69.1 Å². The van der Waals surface area contributed by atoms with Crippen LogP contribution in [0.25, 0.3) is 10.8 Å². The summed E-state index contributed by atoms with van der Waals surface area (Å²) in [5, 5.41) is 9.01. The number of benzene rings is 3. The molecular weight excluding hydrogens is 584 g/mol. The summed E-state index contributed by atoms with van der Waals surface area (Å²) in [6.07, 6.45) is 3.25. The minimum Gasteiger partial charge on any atom is -0.350 e. The van der Waals surface area contributed by atoms with Crippen molar-refractivity contribution in [2.24, 2.45) is 0 Å². The van der Waals surface area contributed by atoms with E-state index in [-0.39, 0.29) is 36.1 Å². The van der Waals surface area contributed by atoms with Crippen LogP contribution >= 0.6 is 11.6 Å². The molecule has 0 radical (unpaired) electrons. The molecule has 43 heavy (non-hydrogen) atoms. The van der Waals surface area contributed by atoms with Gasteiger partial charge in [0.1, 0.15) is 0 Å². The van der Waals surface area contributed by atoms with Gasteiger partial charge in [-0.25, -0.2) is 13.1 Å². The maximum atomic E-state index is 13.8. The minimum atomic E-state index is -3.39. The number of nitrogens with one attached hydrogen (secondary N) is 3. The molecular formula is C33H43ClN4O4S. The number of sulfonamides is 1. The lowest BCUT2D eigenvalue weighted by atomic mass is 9.95. The van der Waals surface area contributed by atoms with Crippen LogP contribution in [0.1, 0.15) is 67.8 Å². The molecule has 3 aromatic rings. The first-order valence-corrected chi connectivity index (χ1v) is 17.3. The standard InChI is InChI=1S/C33H43ClN4O4S/c1-3-5-19-43(41,42)36-17-15-31-33(40)38(23-24(4-2)25-9-7-6-8-10-25)18-16-30(37-31)22-35-32(39)28-12-11-27-21-29(34)14-13-26(27)20-28/h6-14,20-21,24,30-31,36-37H,3-5,15-19,22-23H2,1-2H3,(H,35,39)/t24-,30-,31-/m1/s1. The SMILES string of the molecule is CCCCS(=O)(=O)NCC[C@H]1N[C@@H](CNC(=O)c2ccc3cc(Cl)ccc3c2)CCN(C[C@@H](CC)c2ccccc2)C1=O. The third-order valence-corrected chi connectivity index (χ3v) is 9.80. The van der Waals surface area contributed by atoms with E-state index in [0.29, 0.717) is 49.5 Å². The van der Waals surface area contributed by atoms with Gasteiger partial charge in [0.2, 0.25) is 15.9 Å². The molecule has 0 spiro atoms. The van der Waals surface area contributed by atoms with Gasteiger partial charge in [-0.3, -0.25) is 9.59 Å². The maximum Gasteiger partial charge on any atom is 0.251 e. The fraction of sp³-hybridized carbons (Fsp3) is 0.455. The normalized spacial score (nSPS) is 18.4. The van der Waals surface area contributed by atoms with Crippen LogP contribution in [0.5, 0.6) is 0 Å². The van der Waals surface area contributed by atoms with Gasteiger partial charge in [-0.15, -0.1) is 0 Å². The van der Waals surface area contributed by atoms with Crippen molar-refractivity contribution in [1.82, 2.24) is 20.3 Å². The smallest absolute Gasteiger partial charge is 0.251 e. The molecule has 8 nitrogen and oxygen atoms in total. The van der Waals surface area contributed by atoms with Crippen LogP contribution in [0.15, 0.2) is 66.7 Å². The molecule has 10 heteroatoms. The Labute approximate surface area is 260 Å². The quantitative estimate of drug-likeness (QED) is 0.231. The van der Waals surface area contributed by atoms with E-state index in [1.807, 2.05) is 54.3 Å².